The zero-order valence-corrected chi connectivity index (χ0v) is 31.9. The van der Waals surface area contributed by atoms with Crippen LogP contribution in [-0.2, 0) is 0 Å². The highest BCUT2D eigenvalue weighted by atomic mass is 14.4. The third-order valence-electron chi connectivity index (χ3n) is 12.9. The van der Waals surface area contributed by atoms with Crippen molar-refractivity contribution in [2.45, 2.75) is 11.8 Å². The van der Waals surface area contributed by atoms with Crippen LogP contribution in [0.5, 0.6) is 0 Å². The summed E-state index contributed by atoms with van der Waals surface area (Å²) in [5.41, 5.74) is 10.3. The normalized spacial score (nSPS) is 13.0. The second kappa shape index (κ2) is 13.2. The second-order valence-corrected chi connectivity index (χ2v) is 15.9. The van der Waals surface area contributed by atoms with Gasteiger partial charge in [-0.15, -0.1) is 0 Å². The first-order chi connectivity index (χ1) is 28.8. The van der Waals surface area contributed by atoms with Crippen LogP contribution >= 0.6 is 0 Å². The Labute approximate surface area is 337 Å². The minimum atomic E-state index is -0.0655. The van der Waals surface area contributed by atoms with E-state index in [4.69, 9.17) is 0 Å². The first-order valence-electron chi connectivity index (χ1n) is 20.4. The molecule has 12 rings (SSSR count). The quantitative estimate of drug-likeness (QED) is 0.143. The molecule has 0 aliphatic heterocycles. The minimum absolute atomic E-state index is 0.0655. The Bertz CT molecular complexity index is 3180. The van der Waals surface area contributed by atoms with Crippen molar-refractivity contribution >= 4 is 64.6 Å². The molecule has 58 heavy (non-hydrogen) atoms. The van der Waals surface area contributed by atoms with E-state index in [-0.39, 0.29) is 11.8 Å². The molecule has 0 amide bonds. The maximum Gasteiger partial charge on any atom is 0.0211 e. The molecule has 12 aromatic carbocycles. The predicted octanol–water partition coefficient (Wildman–Crippen LogP) is 15.8. The predicted molar refractivity (Wildman–Crippen MR) is 248 cm³/mol. The lowest BCUT2D eigenvalue weighted by Gasteiger charge is -2.34. The lowest BCUT2D eigenvalue weighted by atomic mass is 9.68. The summed E-state index contributed by atoms with van der Waals surface area (Å²) >= 11 is 0. The van der Waals surface area contributed by atoms with Crippen LogP contribution in [0.25, 0.3) is 86.9 Å². The van der Waals surface area contributed by atoms with Crippen molar-refractivity contribution in [1.82, 2.24) is 0 Å². The number of hydrogen-bond acceptors (Lipinski definition) is 0. The van der Waals surface area contributed by atoms with Gasteiger partial charge in [-0.05, 0) is 109 Å². The maximum absolute atomic E-state index is 2.45. The molecule has 0 fully saturated rings. The molecule has 0 N–H and O–H groups in total. The van der Waals surface area contributed by atoms with Crippen molar-refractivity contribution in [1.29, 1.82) is 0 Å². The SMILES string of the molecule is c1ccc(-c2ccccc2[C@@H](c2ccc3ccc4cccc5ccc2c3c45)[C@@H](c2ccccc2-c2ccccc2)c2ccc3ccc4cccc5ccc2c3c45)cc1. The Balaban J connectivity index is 1.26. The summed E-state index contributed by atoms with van der Waals surface area (Å²) in [6, 6.07) is 82.1. The van der Waals surface area contributed by atoms with Crippen molar-refractivity contribution in [3.63, 3.8) is 0 Å². The zero-order chi connectivity index (χ0) is 38.2. The standard InChI is InChI=1S/C58H38/c1-3-13-37(14-4-1)45-21-7-9-23-47(45)57(51-35-31-43-27-25-39-17-11-19-41-29-33-49(51)55(43)53(39)41)58(48-24-10-8-22-46(48)38-15-5-2-6-16-38)52-36-32-44-28-26-40-18-12-20-42-30-34-50(52)56(44)54(40)42/h1-36,57-58H/t57-,58-/m0/s1. The third-order valence-corrected chi connectivity index (χ3v) is 12.9. The van der Waals surface area contributed by atoms with Gasteiger partial charge in [0.1, 0.15) is 0 Å². The van der Waals surface area contributed by atoms with Crippen LogP contribution in [0.2, 0.25) is 0 Å². The van der Waals surface area contributed by atoms with Crippen LogP contribution < -0.4 is 0 Å². The molecule has 2 atom stereocenters. The average molecular weight is 735 g/mol. The highest BCUT2D eigenvalue weighted by Crippen LogP contribution is 2.53. The van der Waals surface area contributed by atoms with Crippen LogP contribution in [-0.4, -0.2) is 0 Å². The molecule has 0 heterocycles. The molecule has 270 valence electrons. The van der Waals surface area contributed by atoms with Crippen LogP contribution in [0.4, 0.5) is 0 Å². The molecular weight excluding hydrogens is 697 g/mol. The average Bonchev–Trinajstić information content (AvgIpc) is 3.30. The first kappa shape index (κ1) is 32.9. The summed E-state index contributed by atoms with van der Waals surface area (Å²) in [6.07, 6.45) is 0. The van der Waals surface area contributed by atoms with E-state index >= 15 is 0 Å². The fourth-order valence-corrected chi connectivity index (χ4v) is 10.4. The van der Waals surface area contributed by atoms with Gasteiger partial charge in [0.2, 0.25) is 0 Å². The number of rotatable bonds is 7. The van der Waals surface area contributed by atoms with Crippen molar-refractivity contribution in [2.75, 3.05) is 0 Å². The van der Waals surface area contributed by atoms with Crippen LogP contribution in [0.3, 0.4) is 0 Å². The Hall–Kier alpha value is -7.28. The fraction of sp³-hybridized carbons (Fsp3) is 0.0345. The Kier molecular flexibility index (Phi) is 7.46. The van der Waals surface area contributed by atoms with Crippen LogP contribution in [0, 0.1) is 0 Å². The number of benzene rings is 12. The molecule has 0 saturated carbocycles. The van der Waals surface area contributed by atoms with Crippen molar-refractivity contribution < 1.29 is 0 Å². The topological polar surface area (TPSA) is 0 Å². The smallest absolute Gasteiger partial charge is 0.0211 e. The molecule has 0 unspecified atom stereocenters. The minimum Gasteiger partial charge on any atom is -0.0622 e. The molecule has 0 bridgehead atoms. The summed E-state index contributed by atoms with van der Waals surface area (Å²) in [7, 11) is 0. The van der Waals surface area contributed by atoms with Gasteiger partial charge in [-0.25, -0.2) is 0 Å². The van der Waals surface area contributed by atoms with Gasteiger partial charge in [-0.3, -0.25) is 0 Å². The highest BCUT2D eigenvalue weighted by Gasteiger charge is 2.34. The van der Waals surface area contributed by atoms with E-state index in [0.29, 0.717) is 0 Å². The third kappa shape index (κ3) is 5.02. The first-order valence-corrected chi connectivity index (χ1v) is 20.4. The summed E-state index contributed by atoms with van der Waals surface area (Å²) in [6.45, 7) is 0. The van der Waals surface area contributed by atoms with E-state index < -0.39 is 0 Å². The van der Waals surface area contributed by atoms with Gasteiger partial charge >= 0.3 is 0 Å². The Morgan fingerprint density at radius 3 is 0.948 bits per heavy atom. The van der Waals surface area contributed by atoms with E-state index in [1.54, 1.807) is 0 Å². The zero-order valence-electron chi connectivity index (χ0n) is 31.9. The second-order valence-electron chi connectivity index (χ2n) is 15.9. The number of hydrogen-bond donors (Lipinski definition) is 0. The van der Waals surface area contributed by atoms with E-state index in [1.165, 1.54) is 109 Å². The van der Waals surface area contributed by atoms with Crippen LogP contribution in [0.1, 0.15) is 34.1 Å². The highest BCUT2D eigenvalue weighted by molar-refractivity contribution is 6.25. The van der Waals surface area contributed by atoms with E-state index in [2.05, 4.69) is 218 Å². The van der Waals surface area contributed by atoms with E-state index in [0.717, 1.165) is 0 Å². The molecule has 0 saturated heterocycles. The molecule has 0 aliphatic rings. The molecule has 0 heteroatoms. The largest absolute Gasteiger partial charge is 0.0622 e. The van der Waals surface area contributed by atoms with E-state index in [1.807, 2.05) is 0 Å². The monoisotopic (exact) mass is 734 g/mol. The molecular formula is C58H38. The van der Waals surface area contributed by atoms with Crippen LogP contribution in [0.15, 0.2) is 218 Å². The maximum atomic E-state index is 2.45. The van der Waals surface area contributed by atoms with Crippen molar-refractivity contribution in [3.8, 4) is 22.3 Å². The fourth-order valence-electron chi connectivity index (χ4n) is 10.4. The van der Waals surface area contributed by atoms with Gasteiger partial charge in [0.25, 0.3) is 0 Å². The lowest BCUT2D eigenvalue weighted by Crippen LogP contribution is -2.17. The lowest BCUT2D eigenvalue weighted by molar-refractivity contribution is 0.706. The van der Waals surface area contributed by atoms with Gasteiger partial charge in [-0.1, -0.05) is 218 Å². The summed E-state index contributed by atoms with van der Waals surface area (Å²) in [5.74, 6) is -0.131. The van der Waals surface area contributed by atoms with Crippen molar-refractivity contribution in [3.05, 3.63) is 241 Å². The van der Waals surface area contributed by atoms with Gasteiger partial charge in [0.15, 0.2) is 0 Å². The van der Waals surface area contributed by atoms with Gasteiger partial charge in [-0.2, -0.15) is 0 Å². The van der Waals surface area contributed by atoms with Gasteiger partial charge in [0, 0.05) is 11.8 Å². The van der Waals surface area contributed by atoms with Crippen molar-refractivity contribution in [2.24, 2.45) is 0 Å². The summed E-state index contributed by atoms with van der Waals surface area (Å²) < 4.78 is 0. The van der Waals surface area contributed by atoms with E-state index in [9.17, 15) is 0 Å². The molecule has 0 aromatic heterocycles. The molecule has 0 spiro atoms. The molecule has 0 radical (unpaired) electrons. The summed E-state index contributed by atoms with van der Waals surface area (Å²) in [4.78, 5) is 0. The van der Waals surface area contributed by atoms with Gasteiger partial charge in [0.05, 0.1) is 0 Å². The molecule has 12 aromatic rings. The Morgan fingerprint density at radius 2 is 0.534 bits per heavy atom. The molecule has 0 nitrogen and oxygen atoms in total. The van der Waals surface area contributed by atoms with Gasteiger partial charge < -0.3 is 0 Å². The summed E-state index contributed by atoms with van der Waals surface area (Å²) in [5, 5.41) is 15.7. The molecule has 0 aliphatic carbocycles. The Morgan fingerprint density at radius 1 is 0.207 bits per heavy atom.